The van der Waals surface area contributed by atoms with Crippen molar-refractivity contribution < 1.29 is 18.7 Å². The molecule has 1 aromatic heterocycles. The number of nitrogens with zero attached hydrogens (tertiary/aromatic N) is 1. The van der Waals surface area contributed by atoms with E-state index in [2.05, 4.69) is 5.32 Å². The average Bonchev–Trinajstić information content (AvgIpc) is 3.27. The van der Waals surface area contributed by atoms with Gasteiger partial charge in [-0.25, -0.2) is 4.79 Å². The number of carbonyl (C=O) groups is 2. The molecule has 0 fully saturated rings. The van der Waals surface area contributed by atoms with Crippen molar-refractivity contribution in [2.45, 2.75) is 19.8 Å². The van der Waals surface area contributed by atoms with Crippen molar-refractivity contribution in [2.75, 3.05) is 11.9 Å². The Kier molecular flexibility index (Phi) is 7.39. The zero-order valence-electron chi connectivity index (χ0n) is 17.1. The molecule has 0 aliphatic heterocycles. The predicted molar refractivity (Wildman–Crippen MR) is 118 cm³/mol. The maximum Gasteiger partial charge on any atom is 0.338 e. The monoisotopic (exact) mass is 414 g/mol. The molecule has 0 aliphatic rings. The summed E-state index contributed by atoms with van der Waals surface area (Å²) < 4.78 is 10.9. The Bertz CT molecular complexity index is 1110. The van der Waals surface area contributed by atoms with Crippen LogP contribution in [0.1, 0.15) is 35.9 Å². The first kappa shape index (κ1) is 21.6. The lowest BCUT2D eigenvalue weighted by molar-refractivity contribution is -0.112. The first-order valence-corrected chi connectivity index (χ1v) is 9.96. The molecule has 1 N–H and O–H groups in total. The number of unbranched alkanes of at least 4 members (excludes halogenated alkanes) is 1. The number of esters is 1. The maximum absolute atomic E-state index is 12.5. The van der Waals surface area contributed by atoms with Crippen LogP contribution in [0.4, 0.5) is 5.69 Å². The van der Waals surface area contributed by atoms with E-state index in [4.69, 9.17) is 9.15 Å². The van der Waals surface area contributed by atoms with E-state index in [0.29, 0.717) is 29.4 Å². The molecule has 0 atom stereocenters. The van der Waals surface area contributed by atoms with Crippen molar-refractivity contribution >= 4 is 23.6 Å². The molecule has 0 spiro atoms. The van der Waals surface area contributed by atoms with Crippen molar-refractivity contribution in [1.29, 1.82) is 5.26 Å². The summed E-state index contributed by atoms with van der Waals surface area (Å²) in [6.07, 6.45) is 3.14. The Morgan fingerprint density at radius 1 is 1.06 bits per heavy atom. The number of amides is 1. The maximum atomic E-state index is 12.5. The van der Waals surface area contributed by atoms with E-state index in [1.807, 2.05) is 43.3 Å². The molecule has 0 radical (unpaired) electrons. The number of carbonyl (C=O) groups excluding carboxylic acids is 2. The number of nitriles is 1. The van der Waals surface area contributed by atoms with Crippen molar-refractivity contribution in [3.63, 3.8) is 0 Å². The fraction of sp³-hybridized carbons (Fsp3) is 0.160. The van der Waals surface area contributed by atoms with Gasteiger partial charge in [0.25, 0.3) is 5.91 Å². The number of hydrogen-bond donors (Lipinski definition) is 1. The van der Waals surface area contributed by atoms with E-state index in [1.165, 1.54) is 6.08 Å². The highest BCUT2D eigenvalue weighted by molar-refractivity contribution is 6.09. The molecule has 2 aromatic carbocycles. The first-order valence-electron chi connectivity index (χ1n) is 9.96. The average molecular weight is 414 g/mol. The molecule has 3 rings (SSSR count). The smallest absolute Gasteiger partial charge is 0.338 e. The highest BCUT2D eigenvalue weighted by Crippen LogP contribution is 2.23. The van der Waals surface area contributed by atoms with Crippen LogP contribution in [0.15, 0.2) is 76.7 Å². The third kappa shape index (κ3) is 5.94. The summed E-state index contributed by atoms with van der Waals surface area (Å²) in [7, 11) is 0. The predicted octanol–water partition coefficient (Wildman–Crippen LogP) is 5.45. The van der Waals surface area contributed by atoms with Gasteiger partial charge in [0.05, 0.1) is 12.2 Å². The summed E-state index contributed by atoms with van der Waals surface area (Å²) in [4.78, 5) is 24.4. The van der Waals surface area contributed by atoms with E-state index in [-0.39, 0.29) is 5.57 Å². The highest BCUT2D eigenvalue weighted by Gasteiger charge is 2.13. The lowest BCUT2D eigenvalue weighted by Crippen LogP contribution is -2.13. The third-order valence-electron chi connectivity index (χ3n) is 4.45. The summed E-state index contributed by atoms with van der Waals surface area (Å²) in [6, 6.07) is 21.2. The first-order chi connectivity index (χ1) is 15.1. The molecule has 0 aliphatic carbocycles. The van der Waals surface area contributed by atoms with Gasteiger partial charge in [-0.3, -0.25) is 4.79 Å². The summed E-state index contributed by atoms with van der Waals surface area (Å²) in [5.41, 5.74) is 1.66. The number of hydrogen-bond acceptors (Lipinski definition) is 5. The van der Waals surface area contributed by atoms with Gasteiger partial charge >= 0.3 is 5.97 Å². The van der Waals surface area contributed by atoms with Gasteiger partial charge in [-0.1, -0.05) is 43.7 Å². The summed E-state index contributed by atoms with van der Waals surface area (Å²) in [5.74, 6) is 0.0658. The molecule has 31 heavy (non-hydrogen) atoms. The SMILES string of the molecule is CCCCOC(=O)c1ccc(NC(=O)/C(C#N)=C/c2ccc(-c3ccccc3)o2)cc1. The summed E-state index contributed by atoms with van der Waals surface area (Å²) >= 11 is 0. The summed E-state index contributed by atoms with van der Waals surface area (Å²) in [6.45, 7) is 2.40. The number of rotatable bonds is 8. The quantitative estimate of drug-likeness (QED) is 0.229. The molecule has 1 heterocycles. The van der Waals surface area contributed by atoms with Gasteiger partial charge in [0, 0.05) is 17.3 Å². The van der Waals surface area contributed by atoms with Gasteiger partial charge in [-0.15, -0.1) is 0 Å². The number of ether oxygens (including phenoxy) is 1. The van der Waals surface area contributed by atoms with E-state index < -0.39 is 11.9 Å². The molecular formula is C25H22N2O4. The van der Waals surface area contributed by atoms with Crippen LogP contribution in [0, 0.1) is 11.3 Å². The van der Waals surface area contributed by atoms with Crippen molar-refractivity contribution in [3.8, 4) is 17.4 Å². The Balaban J connectivity index is 1.65. The lowest BCUT2D eigenvalue weighted by Gasteiger charge is -2.06. The van der Waals surface area contributed by atoms with Crippen LogP contribution < -0.4 is 5.32 Å². The van der Waals surface area contributed by atoms with Crippen LogP contribution in [0.3, 0.4) is 0 Å². The number of furan rings is 1. The molecule has 0 bridgehead atoms. The second kappa shape index (κ2) is 10.6. The van der Waals surface area contributed by atoms with Crippen molar-refractivity contribution in [3.05, 3.63) is 83.6 Å². The van der Waals surface area contributed by atoms with Gasteiger partial charge in [0.15, 0.2) is 0 Å². The van der Waals surface area contributed by atoms with E-state index in [1.54, 1.807) is 36.4 Å². The topological polar surface area (TPSA) is 92.3 Å². The number of benzene rings is 2. The summed E-state index contributed by atoms with van der Waals surface area (Å²) in [5, 5.41) is 12.0. The minimum Gasteiger partial charge on any atom is -0.462 e. The highest BCUT2D eigenvalue weighted by atomic mass is 16.5. The third-order valence-corrected chi connectivity index (χ3v) is 4.45. The van der Waals surface area contributed by atoms with Gasteiger partial charge < -0.3 is 14.5 Å². The molecule has 6 nitrogen and oxygen atoms in total. The van der Waals surface area contributed by atoms with Crippen molar-refractivity contribution in [1.82, 2.24) is 0 Å². The molecule has 3 aromatic rings. The minimum atomic E-state index is -0.571. The normalized spacial score (nSPS) is 10.9. The number of anilines is 1. The molecule has 0 saturated heterocycles. The van der Waals surface area contributed by atoms with Crippen LogP contribution in [-0.2, 0) is 9.53 Å². The molecule has 156 valence electrons. The van der Waals surface area contributed by atoms with Crippen LogP contribution >= 0.6 is 0 Å². The zero-order chi connectivity index (χ0) is 22.1. The molecule has 0 unspecified atom stereocenters. The van der Waals surface area contributed by atoms with Crippen LogP contribution in [-0.4, -0.2) is 18.5 Å². The Hall–Kier alpha value is -4.11. The van der Waals surface area contributed by atoms with Crippen molar-refractivity contribution in [2.24, 2.45) is 0 Å². The lowest BCUT2D eigenvalue weighted by atomic mass is 10.2. The molecular weight excluding hydrogens is 392 g/mol. The minimum absolute atomic E-state index is 0.1000. The van der Waals surface area contributed by atoms with E-state index in [0.717, 1.165) is 18.4 Å². The van der Waals surface area contributed by atoms with Gasteiger partial charge in [-0.2, -0.15) is 5.26 Å². The fourth-order valence-electron chi connectivity index (χ4n) is 2.76. The van der Waals surface area contributed by atoms with Crippen LogP contribution in [0.2, 0.25) is 0 Å². The number of nitrogens with one attached hydrogen (secondary N) is 1. The van der Waals surface area contributed by atoms with E-state index >= 15 is 0 Å². The van der Waals surface area contributed by atoms with Gasteiger partial charge in [0.2, 0.25) is 0 Å². The molecule has 0 saturated carbocycles. The van der Waals surface area contributed by atoms with Crippen LogP contribution in [0.5, 0.6) is 0 Å². The Labute approximate surface area is 180 Å². The van der Waals surface area contributed by atoms with Gasteiger partial charge in [0.1, 0.15) is 23.2 Å². The molecule has 6 heteroatoms. The Morgan fingerprint density at radius 2 is 1.81 bits per heavy atom. The van der Waals surface area contributed by atoms with Crippen LogP contribution in [0.25, 0.3) is 17.4 Å². The second-order valence-electron chi connectivity index (χ2n) is 6.76. The fourth-order valence-corrected chi connectivity index (χ4v) is 2.76. The second-order valence-corrected chi connectivity index (χ2v) is 6.76. The van der Waals surface area contributed by atoms with Gasteiger partial charge in [-0.05, 0) is 42.8 Å². The Morgan fingerprint density at radius 3 is 2.48 bits per heavy atom. The molecule has 1 amide bonds. The van der Waals surface area contributed by atoms with E-state index in [9.17, 15) is 14.9 Å². The standard InChI is InChI=1S/C25H22N2O4/c1-2-3-15-30-25(29)19-9-11-21(12-10-19)27-24(28)20(17-26)16-22-13-14-23(31-22)18-7-5-4-6-8-18/h4-14,16H,2-3,15H2,1H3,(H,27,28)/b20-16+. The largest absolute Gasteiger partial charge is 0.462 e. The zero-order valence-corrected chi connectivity index (χ0v) is 17.1.